The molecule has 1 rings (SSSR count). The van der Waals surface area contributed by atoms with Crippen molar-refractivity contribution in [3.8, 4) is 0 Å². The van der Waals surface area contributed by atoms with Gasteiger partial charge >= 0.3 is 0 Å². The molecule has 0 saturated carbocycles. The Labute approximate surface area is 98.6 Å². The van der Waals surface area contributed by atoms with Crippen LogP contribution in [0.5, 0.6) is 0 Å². The van der Waals surface area contributed by atoms with Crippen LogP contribution in [-0.2, 0) is 14.2 Å². The van der Waals surface area contributed by atoms with Gasteiger partial charge in [-0.25, -0.2) is 0 Å². The van der Waals surface area contributed by atoms with Crippen LogP contribution in [-0.4, -0.2) is 45.3 Å². The minimum atomic E-state index is -0.0194. The predicted octanol–water partition coefficient (Wildman–Crippen LogP) is 1.54. The molecule has 0 radical (unpaired) electrons. The second-order valence-electron chi connectivity index (χ2n) is 4.47. The first kappa shape index (κ1) is 13.9. The molecule has 0 aromatic rings. The van der Waals surface area contributed by atoms with Crippen LogP contribution in [0.2, 0.25) is 0 Å². The molecule has 1 N–H and O–H groups in total. The Kier molecular flexibility index (Phi) is 6.96. The van der Waals surface area contributed by atoms with E-state index in [-0.39, 0.29) is 12.4 Å². The Morgan fingerprint density at radius 2 is 2.12 bits per heavy atom. The lowest BCUT2D eigenvalue weighted by molar-refractivity contribution is -0.193. The summed E-state index contributed by atoms with van der Waals surface area (Å²) in [6.45, 7) is 6.30. The normalized spacial score (nSPS) is 25.3. The number of hydrogen-bond donors (Lipinski definition) is 1. The zero-order chi connectivity index (χ0) is 11.8. The van der Waals surface area contributed by atoms with Gasteiger partial charge in [-0.3, -0.25) is 0 Å². The van der Waals surface area contributed by atoms with E-state index in [9.17, 15) is 0 Å². The van der Waals surface area contributed by atoms with Crippen LogP contribution in [0.3, 0.4) is 0 Å². The van der Waals surface area contributed by atoms with Gasteiger partial charge in [0.1, 0.15) is 0 Å². The summed E-state index contributed by atoms with van der Waals surface area (Å²) in [5.41, 5.74) is 0. The zero-order valence-corrected chi connectivity index (χ0v) is 10.7. The van der Waals surface area contributed by atoms with Crippen molar-refractivity contribution in [1.82, 2.24) is 5.32 Å². The van der Waals surface area contributed by atoms with E-state index >= 15 is 0 Å². The van der Waals surface area contributed by atoms with Gasteiger partial charge in [-0.1, -0.05) is 0 Å². The summed E-state index contributed by atoms with van der Waals surface area (Å²) in [4.78, 5) is 0. The van der Waals surface area contributed by atoms with E-state index in [4.69, 9.17) is 14.2 Å². The average molecular weight is 231 g/mol. The van der Waals surface area contributed by atoms with E-state index in [1.54, 1.807) is 0 Å². The molecule has 1 aliphatic rings. The molecule has 16 heavy (non-hydrogen) atoms. The Balaban J connectivity index is 2.03. The average Bonchev–Trinajstić information content (AvgIpc) is 2.30. The molecule has 1 fully saturated rings. The smallest absolute Gasteiger partial charge is 0.158 e. The van der Waals surface area contributed by atoms with Gasteiger partial charge in [-0.05, 0) is 40.2 Å². The van der Waals surface area contributed by atoms with Crippen LogP contribution >= 0.6 is 0 Å². The number of ether oxygens (including phenoxy) is 3. The number of rotatable bonds is 7. The van der Waals surface area contributed by atoms with Crippen molar-refractivity contribution in [3.05, 3.63) is 0 Å². The molecule has 0 aromatic heterocycles. The highest BCUT2D eigenvalue weighted by atomic mass is 16.7. The molecule has 96 valence electrons. The van der Waals surface area contributed by atoms with Gasteiger partial charge in [0.05, 0.1) is 19.3 Å². The van der Waals surface area contributed by atoms with Crippen LogP contribution in [0.1, 0.15) is 33.1 Å². The second-order valence-corrected chi connectivity index (χ2v) is 4.47. The van der Waals surface area contributed by atoms with Gasteiger partial charge in [0.25, 0.3) is 0 Å². The van der Waals surface area contributed by atoms with Crippen molar-refractivity contribution in [1.29, 1.82) is 0 Å². The van der Waals surface area contributed by atoms with Crippen LogP contribution in [0, 0.1) is 0 Å². The summed E-state index contributed by atoms with van der Waals surface area (Å²) < 4.78 is 16.8. The molecule has 1 heterocycles. The standard InChI is InChI=1S/C12H25NO3/c1-10(13-3)8-14-9-11(2)16-12-6-4-5-7-15-12/h10-13H,4-9H2,1-3H3. The lowest BCUT2D eigenvalue weighted by Gasteiger charge is -2.26. The van der Waals surface area contributed by atoms with E-state index in [0.29, 0.717) is 12.6 Å². The van der Waals surface area contributed by atoms with Gasteiger partial charge in [-0.2, -0.15) is 0 Å². The van der Waals surface area contributed by atoms with Crippen molar-refractivity contribution >= 4 is 0 Å². The Morgan fingerprint density at radius 1 is 1.31 bits per heavy atom. The first-order valence-corrected chi connectivity index (χ1v) is 6.24. The van der Waals surface area contributed by atoms with Gasteiger partial charge in [-0.15, -0.1) is 0 Å². The maximum Gasteiger partial charge on any atom is 0.158 e. The van der Waals surface area contributed by atoms with E-state index < -0.39 is 0 Å². The highest BCUT2D eigenvalue weighted by molar-refractivity contribution is 4.59. The van der Waals surface area contributed by atoms with Crippen LogP contribution in [0.15, 0.2) is 0 Å². The van der Waals surface area contributed by atoms with Gasteiger partial charge in [0, 0.05) is 12.6 Å². The summed E-state index contributed by atoms with van der Waals surface area (Å²) in [5, 5.41) is 3.13. The van der Waals surface area contributed by atoms with E-state index in [2.05, 4.69) is 12.2 Å². The number of nitrogens with one attached hydrogen (secondary N) is 1. The van der Waals surface area contributed by atoms with Crippen LogP contribution < -0.4 is 5.32 Å². The quantitative estimate of drug-likeness (QED) is 0.721. The maximum absolute atomic E-state index is 5.74. The number of hydrogen-bond acceptors (Lipinski definition) is 4. The summed E-state index contributed by atoms with van der Waals surface area (Å²) in [5.74, 6) is 0. The first-order valence-electron chi connectivity index (χ1n) is 6.24. The van der Waals surface area contributed by atoms with Crippen molar-refractivity contribution in [2.45, 2.75) is 51.5 Å². The Bertz CT molecular complexity index is 172. The molecule has 0 amide bonds. The minimum Gasteiger partial charge on any atom is -0.377 e. The molecule has 3 atom stereocenters. The number of likely N-dealkylation sites (N-methyl/N-ethyl adjacent to an activating group) is 1. The third-order valence-electron chi connectivity index (χ3n) is 2.74. The molecule has 4 nitrogen and oxygen atoms in total. The van der Waals surface area contributed by atoms with Gasteiger partial charge in [0.2, 0.25) is 0 Å². The molecule has 4 heteroatoms. The molecule has 1 saturated heterocycles. The lowest BCUT2D eigenvalue weighted by atomic mass is 10.2. The van der Waals surface area contributed by atoms with Crippen molar-refractivity contribution < 1.29 is 14.2 Å². The van der Waals surface area contributed by atoms with E-state index in [0.717, 1.165) is 26.1 Å². The van der Waals surface area contributed by atoms with Crippen LogP contribution in [0.4, 0.5) is 0 Å². The largest absolute Gasteiger partial charge is 0.377 e. The summed E-state index contributed by atoms with van der Waals surface area (Å²) in [6.07, 6.45) is 3.46. The van der Waals surface area contributed by atoms with Crippen LogP contribution in [0.25, 0.3) is 0 Å². The molecule has 0 bridgehead atoms. The van der Waals surface area contributed by atoms with Crippen molar-refractivity contribution in [2.24, 2.45) is 0 Å². The molecule has 3 unspecified atom stereocenters. The van der Waals surface area contributed by atoms with Crippen molar-refractivity contribution in [2.75, 3.05) is 26.9 Å². The predicted molar refractivity (Wildman–Crippen MR) is 63.5 cm³/mol. The summed E-state index contributed by atoms with van der Waals surface area (Å²) >= 11 is 0. The summed E-state index contributed by atoms with van der Waals surface area (Å²) in [7, 11) is 1.93. The fraction of sp³-hybridized carbons (Fsp3) is 1.00. The molecular formula is C12H25NO3. The molecule has 0 spiro atoms. The molecule has 1 aliphatic heterocycles. The molecular weight excluding hydrogens is 206 g/mol. The zero-order valence-electron chi connectivity index (χ0n) is 10.7. The monoisotopic (exact) mass is 231 g/mol. The highest BCUT2D eigenvalue weighted by Crippen LogP contribution is 2.15. The third kappa shape index (κ3) is 5.80. The minimum absolute atomic E-state index is 0.0194. The third-order valence-corrected chi connectivity index (χ3v) is 2.74. The van der Waals surface area contributed by atoms with E-state index in [1.165, 1.54) is 6.42 Å². The topological polar surface area (TPSA) is 39.7 Å². The fourth-order valence-electron chi connectivity index (χ4n) is 1.61. The SMILES string of the molecule is CNC(C)COCC(C)OC1CCCCO1. The first-order chi connectivity index (χ1) is 7.72. The second kappa shape index (κ2) is 8.01. The van der Waals surface area contributed by atoms with Crippen molar-refractivity contribution in [3.63, 3.8) is 0 Å². The fourth-order valence-corrected chi connectivity index (χ4v) is 1.61. The van der Waals surface area contributed by atoms with E-state index in [1.807, 2.05) is 14.0 Å². The Hall–Kier alpha value is -0.160. The molecule has 0 aromatic carbocycles. The lowest BCUT2D eigenvalue weighted by Crippen LogP contribution is -2.31. The van der Waals surface area contributed by atoms with Gasteiger partial charge in [0.15, 0.2) is 6.29 Å². The summed E-state index contributed by atoms with van der Waals surface area (Å²) in [6, 6.07) is 0.387. The highest BCUT2D eigenvalue weighted by Gasteiger charge is 2.17. The molecule has 0 aliphatic carbocycles. The van der Waals surface area contributed by atoms with Gasteiger partial charge < -0.3 is 19.5 Å². The Morgan fingerprint density at radius 3 is 2.75 bits per heavy atom. The maximum atomic E-state index is 5.74.